The molecule has 0 saturated heterocycles. The number of carboxylic acid groups (broad SMARTS) is 1. The molecule has 1 aliphatic carbocycles. The van der Waals surface area contributed by atoms with Gasteiger partial charge in [-0.15, -0.1) is 0 Å². The molecule has 1 heterocycles. The van der Waals surface area contributed by atoms with Gasteiger partial charge < -0.3 is 14.6 Å². The average molecular weight is 351 g/mol. The molecule has 0 spiro atoms. The number of hydrogen-bond acceptors (Lipinski definition) is 4. The molecule has 0 bridgehead atoms. The molecule has 3 rings (SSSR count). The van der Waals surface area contributed by atoms with Crippen LogP contribution in [-0.2, 0) is 7.05 Å². The first kappa shape index (κ1) is 16.6. The lowest BCUT2D eigenvalue weighted by molar-refractivity contribution is 0.0689. The molecule has 1 aliphatic rings. The van der Waals surface area contributed by atoms with Crippen molar-refractivity contribution >= 4 is 17.6 Å². The fourth-order valence-electron chi connectivity index (χ4n) is 3.03. The minimum absolute atomic E-state index is 0.0160. The molecule has 1 aromatic heterocycles. The summed E-state index contributed by atoms with van der Waals surface area (Å²) < 4.78 is 13.0. The first-order chi connectivity index (χ1) is 11.5. The summed E-state index contributed by atoms with van der Waals surface area (Å²) >= 11 is 6.34. The van der Waals surface area contributed by atoms with E-state index in [9.17, 15) is 4.79 Å². The van der Waals surface area contributed by atoms with E-state index < -0.39 is 5.97 Å². The van der Waals surface area contributed by atoms with Crippen molar-refractivity contribution in [3.05, 3.63) is 28.9 Å². The summed E-state index contributed by atoms with van der Waals surface area (Å²) in [6.07, 6.45) is 4.50. The van der Waals surface area contributed by atoms with Gasteiger partial charge in [0.05, 0.1) is 23.9 Å². The molecular formula is C17H19ClN2O4. The average Bonchev–Trinajstić information content (AvgIpc) is 3.16. The van der Waals surface area contributed by atoms with Gasteiger partial charge in [0, 0.05) is 12.6 Å². The van der Waals surface area contributed by atoms with Crippen LogP contribution in [0, 0.1) is 0 Å². The number of carbonyl (C=O) groups is 1. The predicted octanol–water partition coefficient (Wildman–Crippen LogP) is 3.77. The van der Waals surface area contributed by atoms with E-state index in [0.717, 1.165) is 31.2 Å². The van der Waals surface area contributed by atoms with Crippen molar-refractivity contribution in [3.63, 3.8) is 0 Å². The van der Waals surface area contributed by atoms with Crippen LogP contribution in [0.15, 0.2) is 18.2 Å². The summed E-state index contributed by atoms with van der Waals surface area (Å²) in [7, 11) is 3.24. The topological polar surface area (TPSA) is 73.6 Å². The van der Waals surface area contributed by atoms with Gasteiger partial charge in [-0.05, 0) is 43.9 Å². The van der Waals surface area contributed by atoms with Crippen LogP contribution >= 0.6 is 11.6 Å². The Morgan fingerprint density at radius 1 is 1.33 bits per heavy atom. The number of halogens is 1. The van der Waals surface area contributed by atoms with Gasteiger partial charge in [-0.3, -0.25) is 4.68 Å². The van der Waals surface area contributed by atoms with Crippen molar-refractivity contribution in [1.29, 1.82) is 0 Å². The molecule has 1 aromatic carbocycles. The molecule has 2 aromatic rings. The van der Waals surface area contributed by atoms with Crippen LogP contribution in [0.5, 0.6) is 11.5 Å². The summed E-state index contributed by atoms with van der Waals surface area (Å²) in [6, 6.07) is 5.07. The predicted molar refractivity (Wildman–Crippen MR) is 90.0 cm³/mol. The number of rotatable bonds is 5. The smallest absolute Gasteiger partial charge is 0.356 e. The van der Waals surface area contributed by atoms with Gasteiger partial charge in [0.25, 0.3) is 0 Å². The molecular weight excluding hydrogens is 332 g/mol. The zero-order valence-electron chi connectivity index (χ0n) is 13.6. The van der Waals surface area contributed by atoms with Gasteiger partial charge in [-0.25, -0.2) is 4.79 Å². The molecule has 0 atom stereocenters. The number of aryl methyl sites for hydroxylation is 1. The summed E-state index contributed by atoms with van der Waals surface area (Å²) in [6.45, 7) is 0. The minimum Gasteiger partial charge on any atom is -0.491 e. The first-order valence-corrected chi connectivity index (χ1v) is 8.19. The molecule has 1 fully saturated rings. The van der Waals surface area contributed by atoms with Crippen LogP contribution in [-0.4, -0.2) is 34.1 Å². The molecule has 0 amide bonds. The third-order valence-electron chi connectivity index (χ3n) is 4.20. The Morgan fingerprint density at radius 3 is 2.62 bits per heavy atom. The molecule has 1 saturated carbocycles. The zero-order valence-corrected chi connectivity index (χ0v) is 14.3. The third-order valence-corrected chi connectivity index (χ3v) is 4.48. The van der Waals surface area contributed by atoms with Crippen molar-refractivity contribution in [2.75, 3.05) is 7.11 Å². The Morgan fingerprint density at radius 2 is 2.04 bits per heavy atom. The number of carboxylic acids is 1. The highest BCUT2D eigenvalue weighted by atomic mass is 35.5. The molecule has 1 N–H and O–H groups in total. The zero-order chi connectivity index (χ0) is 17.3. The van der Waals surface area contributed by atoms with Gasteiger partial charge in [0.2, 0.25) is 0 Å². The van der Waals surface area contributed by atoms with E-state index in [1.807, 2.05) is 6.07 Å². The summed E-state index contributed by atoms with van der Waals surface area (Å²) in [4.78, 5) is 11.1. The normalized spacial score (nSPS) is 14.8. The molecule has 0 aliphatic heterocycles. The van der Waals surface area contributed by atoms with E-state index in [1.165, 1.54) is 10.7 Å². The number of hydrogen-bond donors (Lipinski definition) is 1. The maximum atomic E-state index is 11.1. The van der Waals surface area contributed by atoms with Gasteiger partial charge in [-0.2, -0.15) is 5.10 Å². The number of methoxy groups -OCH3 is 1. The van der Waals surface area contributed by atoms with Crippen LogP contribution in [0.2, 0.25) is 5.02 Å². The van der Waals surface area contributed by atoms with Crippen molar-refractivity contribution in [2.24, 2.45) is 7.05 Å². The summed E-state index contributed by atoms with van der Waals surface area (Å²) in [5.74, 6) is -0.00296. The molecule has 0 unspecified atom stereocenters. The van der Waals surface area contributed by atoms with Crippen molar-refractivity contribution in [2.45, 2.75) is 31.8 Å². The Bertz CT molecular complexity index is 766. The Kier molecular flexibility index (Phi) is 4.66. The van der Waals surface area contributed by atoms with Gasteiger partial charge in [0.1, 0.15) is 0 Å². The molecule has 0 radical (unpaired) electrons. The van der Waals surface area contributed by atoms with E-state index in [4.69, 9.17) is 26.2 Å². The third kappa shape index (κ3) is 3.19. The monoisotopic (exact) mass is 350 g/mol. The van der Waals surface area contributed by atoms with E-state index in [-0.39, 0.29) is 11.8 Å². The number of aromatic nitrogens is 2. The van der Waals surface area contributed by atoms with E-state index >= 15 is 0 Å². The maximum absolute atomic E-state index is 11.1. The van der Waals surface area contributed by atoms with Crippen molar-refractivity contribution in [1.82, 2.24) is 9.78 Å². The van der Waals surface area contributed by atoms with Crippen LogP contribution < -0.4 is 9.47 Å². The molecule has 6 nitrogen and oxygen atoms in total. The minimum atomic E-state index is -1.07. The number of ether oxygens (including phenoxy) is 2. The fraction of sp³-hybridized carbons (Fsp3) is 0.412. The van der Waals surface area contributed by atoms with Crippen molar-refractivity contribution < 1.29 is 19.4 Å². The highest BCUT2D eigenvalue weighted by molar-refractivity contribution is 6.32. The van der Waals surface area contributed by atoms with Crippen LogP contribution in [0.3, 0.4) is 0 Å². The maximum Gasteiger partial charge on any atom is 0.356 e. The lowest BCUT2D eigenvalue weighted by Gasteiger charge is -2.18. The Hall–Kier alpha value is -2.21. The highest BCUT2D eigenvalue weighted by Gasteiger charge is 2.22. The second-order valence-electron chi connectivity index (χ2n) is 5.86. The van der Waals surface area contributed by atoms with Gasteiger partial charge in [-0.1, -0.05) is 11.6 Å². The number of benzene rings is 1. The second kappa shape index (κ2) is 6.73. The van der Waals surface area contributed by atoms with E-state index in [1.54, 1.807) is 20.2 Å². The van der Waals surface area contributed by atoms with Gasteiger partial charge in [0.15, 0.2) is 17.2 Å². The molecule has 24 heavy (non-hydrogen) atoms. The quantitative estimate of drug-likeness (QED) is 0.888. The number of aromatic carboxylic acids is 1. The largest absolute Gasteiger partial charge is 0.491 e. The lowest BCUT2D eigenvalue weighted by atomic mass is 10.1. The van der Waals surface area contributed by atoms with E-state index in [0.29, 0.717) is 22.2 Å². The van der Waals surface area contributed by atoms with E-state index in [2.05, 4.69) is 5.10 Å². The molecule has 128 valence electrons. The number of nitrogens with zero attached hydrogens (tertiary/aromatic N) is 2. The van der Waals surface area contributed by atoms with Crippen LogP contribution in [0.1, 0.15) is 36.2 Å². The lowest BCUT2D eigenvalue weighted by Crippen LogP contribution is -2.11. The fourth-order valence-corrected chi connectivity index (χ4v) is 3.32. The van der Waals surface area contributed by atoms with Crippen molar-refractivity contribution in [3.8, 4) is 22.8 Å². The SMILES string of the molecule is COc1c(Cl)cc(-c2cc(C(=O)O)nn2C)cc1OC1CCCC1. The summed E-state index contributed by atoms with van der Waals surface area (Å²) in [5, 5.41) is 13.5. The van der Waals surface area contributed by atoms with Gasteiger partial charge >= 0.3 is 5.97 Å². The second-order valence-corrected chi connectivity index (χ2v) is 6.26. The highest BCUT2D eigenvalue weighted by Crippen LogP contribution is 2.41. The summed E-state index contributed by atoms with van der Waals surface area (Å²) in [5.41, 5.74) is 1.36. The standard InChI is InChI=1S/C17H19ClN2O4/c1-20-14(9-13(19-20)17(21)22)10-7-12(18)16(23-2)15(8-10)24-11-5-3-4-6-11/h7-9,11H,3-6H2,1-2H3,(H,21,22). The Balaban J connectivity index is 2.02. The van der Waals surface area contributed by atoms with Crippen LogP contribution in [0.25, 0.3) is 11.3 Å². The Labute approximate surface area is 144 Å². The first-order valence-electron chi connectivity index (χ1n) is 7.81. The van der Waals surface area contributed by atoms with Crippen LogP contribution in [0.4, 0.5) is 0 Å². The molecule has 7 heteroatoms.